The second kappa shape index (κ2) is 6.29. The maximum absolute atomic E-state index is 11.1. The number of carbonyl (C=O) groups is 1. The van der Waals surface area contributed by atoms with Crippen molar-refractivity contribution in [3.05, 3.63) is 82.2 Å². The summed E-state index contributed by atoms with van der Waals surface area (Å²) in [5, 5.41) is 29.5. The highest BCUT2D eigenvalue weighted by Crippen LogP contribution is 2.28. The molecule has 0 bridgehead atoms. The Bertz CT molecular complexity index is 1020. The van der Waals surface area contributed by atoms with Crippen LogP contribution in [0.15, 0.2) is 60.9 Å². The van der Waals surface area contributed by atoms with Crippen molar-refractivity contribution in [1.82, 2.24) is 4.57 Å². The predicted molar refractivity (Wildman–Crippen MR) is 89.5 cm³/mol. The lowest BCUT2D eigenvalue weighted by molar-refractivity contribution is -0.385. The molecule has 1 N–H and O–H groups in total. The molecular weight excluding hydrogens is 322 g/mol. The van der Waals surface area contributed by atoms with E-state index in [9.17, 15) is 20.2 Å². The Labute approximate surface area is 142 Å². The highest BCUT2D eigenvalue weighted by Gasteiger charge is 2.21. The van der Waals surface area contributed by atoms with Crippen molar-refractivity contribution in [1.29, 1.82) is 5.26 Å². The molecule has 0 amide bonds. The van der Waals surface area contributed by atoms with Gasteiger partial charge in [-0.3, -0.25) is 10.1 Å². The number of carboxylic acids is 1. The average Bonchev–Trinajstić information content (AvgIpc) is 3.06. The quantitative estimate of drug-likeness (QED) is 0.579. The summed E-state index contributed by atoms with van der Waals surface area (Å²) < 4.78 is 1.57. The fourth-order valence-corrected chi connectivity index (χ4v) is 2.55. The molecule has 0 aliphatic carbocycles. The van der Waals surface area contributed by atoms with Crippen LogP contribution in [-0.4, -0.2) is 20.6 Å². The molecule has 7 nitrogen and oxygen atoms in total. The van der Waals surface area contributed by atoms with E-state index in [1.54, 1.807) is 17.0 Å². The number of hydrogen-bond donors (Lipinski definition) is 1. The van der Waals surface area contributed by atoms with E-state index in [0.29, 0.717) is 16.8 Å². The van der Waals surface area contributed by atoms with E-state index in [-0.39, 0.29) is 5.56 Å². The van der Waals surface area contributed by atoms with Gasteiger partial charge in [0.2, 0.25) is 0 Å². The minimum atomic E-state index is -1.37. The molecule has 0 aliphatic heterocycles. The van der Waals surface area contributed by atoms with Gasteiger partial charge in [-0.05, 0) is 17.7 Å². The second-order valence-corrected chi connectivity index (χ2v) is 5.23. The lowest BCUT2D eigenvalue weighted by Gasteiger charge is -2.04. The molecule has 3 aromatic rings. The van der Waals surface area contributed by atoms with Crippen LogP contribution < -0.4 is 0 Å². The Hall–Kier alpha value is -3.92. The highest BCUT2D eigenvalue weighted by molar-refractivity contribution is 5.92. The number of nitriles is 1. The smallest absolute Gasteiger partial charge is 0.342 e. The molecule has 0 spiro atoms. The molecule has 0 saturated carbocycles. The number of hydrogen-bond acceptors (Lipinski definition) is 4. The van der Waals surface area contributed by atoms with Crippen LogP contribution in [0.1, 0.15) is 15.9 Å². The molecule has 3 rings (SSSR count). The number of carboxylic acid groups (broad SMARTS) is 1. The first kappa shape index (κ1) is 16.0. The van der Waals surface area contributed by atoms with Crippen LogP contribution >= 0.6 is 0 Å². The van der Waals surface area contributed by atoms with E-state index < -0.39 is 16.6 Å². The van der Waals surface area contributed by atoms with Crippen LogP contribution in [-0.2, 0) is 0 Å². The van der Waals surface area contributed by atoms with Gasteiger partial charge in [0.15, 0.2) is 0 Å². The fraction of sp³-hybridized carbons (Fsp3) is 0. The van der Waals surface area contributed by atoms with Crippen molar-refractivity contribution in [2.75, 3.05) is 0 Å². The highest BCUT2D eigenvalue weighted by atomic mass is 16.6. The van der Waals surface area contributed by atoms with E-state index in [0.717, 1.165) is 5.56 Å². The summed E-state index contributed by atoms with van der Waals surface area (Å²) in [6, 6.07) is 15.2. The van der Waals surface area contributed by atoms with Gasteiger partial charge in [0.05, 0.1) is 16.2 Å². The molecular formula is C18H11N3O4. The zero-order chi connectivity index (χ0) is 18.0. The van der Waals surface area contributed by atoms with E-state index >= 15 is 0 Å². The number of rotatable bonds is 4. The lowest BCUT2D eigenvalue weighted by atomic mass is 10.1. The third kappa shape index (κ3) is 2.96. The summed E-state index contributed by atoms with van der Waals surface area (Å²) in [6.07, 6.45) is 3.25. The number of nitrogens with zero attached hydrogens (tertiary/aromatic N) is 3. The number of nitro benzene ring substituents is 1. The third-order valence-electron chi connectivity index (χ3n) is 3.74. The predicted octanol–water partition coefficient (Wildman–Crippen LogP) is 3.62. The van der Waals surface area contributed by atoms with Crippen molar-refractivity contribution < 1.29 is 14.8 Å². The van der Waals surface area contributed by atoms with Crippen molar-refractivity contribution >= 4 is 11.7 Å². The first-order chi connectivity index (χ1) is 12.0. The number of aromatic carboxylic acids is 1. The van der Waals surface area contributed by atoms with Crippen molar-refractivity contribution in [3.63, 3.8) is 0 Å². The zero-order valence-corrected chi connectivity index (χ0v) is 12.8. The van der Waals surface area contributed by atoms with Crippen LogP contribution in [0.5, 0.6) is 0 Å². The number of aromatic nitrogens is 1. The summed E-state index contributed by atoms with van der Waals surface area (Å²) >= 11 is 0. The monoisotopic (exact) mass is 333 g/mol. The molecule has 0 saturated heterocycles. The van der Waals surface area contributed by atoms with Gasteiger partial charge in [-0.25, -0.2) is 4.79 Å². The van der Waals surface area contributed by atoms with E-state index in [4.69, 9.17) is 5.11 Å². The van der Waals surface area contributed by atoms with Crippen LogP contribution in [0.2, 0.25) is 0 Å². The summed E-state index contributed by atoms with van der Waals surface area (Å²) in [4.78, 5) is 21.5. The van der Waals surface area contributed by atoms with Crippen molar-refractivity contribution in [2.45, 2.75) is 0 Å². The van der Waals surface area contributed by atoms with Gasteiger partial charge in [-0.15, -0.1) is 0 Å². The Morgan fingerprint density at radius 1 is 1.16 bits per heavy atom. The van der Waals surface area contributed by atoms with Crippen LogP contribution in [0.25, 0.3) is 16.8 Å². The fourth-order valence-electron chi connectivity index (χ4n) is 2.55. The maximum atomic E-state index is 11.1. The third-order valence-corrected chi connectivity index (χ3v) is 3.74. The minimum Gasteiger partial charge on any atom is -0.477 e. The molecule has 7 heteroatoms. The SMILES string of the molecule is N#Cc1cn(-c2ccc(C(=O)O)c([N+](=O)[O-])c2)cc1-c1ccccc1. The number of benzene rings is 2. The summed E-state index contributed by atoms with van der Waals surface area (Å²) in [6.45, 7) is 0. The first-order valence-electron chi connectivity index (χ1n) is 7.21. The van der Waals surface area contributed by atoms with Crippen molar-refractivity contribution in [2.24, 2.45) is 0 Å². The van der Waals surface area contributed by atoms with Gasteiger partial charge in [0, 0.05) is 24.0 Å². The van der Waals surface area contributed by atoms with Gasteiger partial charge < -0.3 is 9.67 Å². The molecule has 0 fully saturated rings. The molecule has 2 aromatic carbocycles. The maximum Gasteiger partial charge on any atom is 0.342 e. The lowest BCUT2D eigenvalue weighted by Crippen LogP contribution is -2.04. The molecule has 0 unspecified atom stereocenters. The Kier molecular flexibility index (Phi) is 4.02. The number of nitro groups is 1. The topological polar surface area (TPSA) is 109 Å². The Morgan fingerprint density at radius 3 is 2.48 bits per heavy atom. The van der Waals surface area contributed by atoms with Gasteiger partial charge in [-0.2, -0.15) is 5.26 Å². The van der Waals surface area contributed by atoms with E-state index in [2.05, 4.69) is 6.07 Å². The van der Waals surface area contributed by atoms with E-state index in [1.807, 2.05) is 30.3 Å². The summed E-state index contributed by atoms with van der Waals surface area (Å²) in [7, 11) is 0. The Morgan fingerprint density at radius 2 is 1.88 bits per heavy atom. The standard InChI is InChI=1S/C18H11N3O4/c19-9-13-10-20(11-16(13)12-4-2-1-3-5-12)14-6-7-15(18(22)23)17(8-14)21(24)25/h1-8,10-11H,(H,22,23). The van der Waals surface area contributed by atoms with Crippen LogP contribution in [0.3, 0.4) is 0 Å². The van der Waals surface area contributed by atoms with Gasteiger partial charge >= 0.3 is 5.97 Å². The molecule has 1 aromatic heterocycles. The van der Waals surface area contributed by atoms with E-state index in [1.165, 1.54) is 18.2 Å². The second-order valence-electron chi connectivity index (χ2n) is 5.23. The normalized spacial score (nSPS) is 10.2. The summed E-state index contributed by atoms with van der Waals surface area (Å²) in [5.41, 5.74) is 1.46. The molecule has 122 valence electrons. The largest absolute Gasteiger partial charge is 0.477 e. The molecule has 0 radical (unpaired) electrons. The van der Waals surface area contributed by atoms with Crippen molar-refractivity contribution in [3.8, 4) is 22.9 Å². The van der Waals surface area contributed by atoms with Gasteiger partial charge in [-0.1, -0.05) is 30.3 Å². The van der Waals surface area contributed by atoms with Crippen LogP contribution in [0.4, 0.5) is 5.69 Å². The zero-order valence-electron chi connectivity index (χ0n) is 12.8. The van der Waals surface area contributed by atoms with Gasteiger partial charge in [0.1, 0.15) is 11.6 Å². The van der Waals surface area contributed by atoms with Crippen LogP contribution in [0, 0.1) is 21.4 Å². The minimum absolute atomic E-state index is 0.385. The summed E-state index contributed by atoms with van der Waals surface area (Å²) in [5.74, 6) is -1.37. The Balaban J connectivity index is 2.14. The molecule has 25 heavy (non-hydrogen) atoms. The molecule has 0 aliphatic rings. The average molecular weight is 333 g/mol. The molecule has 0 atom stereocenters. The molecule has 1 heterocycles. The first-order valence-corrected chi connectivity index (χ1v) is 7.21. The van der Waals surface area contributed by atoms with Gasteiger partial charge in [0.25, 0.3) is 5.69 Å².